The molecule has 0 aromatic heterocycles. The molecule has 16 heavy (non-hydrogen) atoms. The number of likely N-dealkylation sites (N-methyl/N-ethyl adjacent to an activating group) is 1. The molecule has 2 atom stereocenters. The van der Waals surface area contributed by atoms with Gasteiger partial charge in [-0.15, -0.1) is 0 Å². The van der Waals surface area contributed by atoms with Crippen molar-refractivity contribution in [1.29, 1.82) is 0 Å². The third kappa shape index (κ3) is 2.25. The monoisotopic (exact) mass is 225 g/mol. The predicted molar refractivity (Wildman–Crippen MR) is 63.7 cm³/mol. The SMILES string of the molecule is CCC(C)(C(O)c1ccccc1F)N(C)C. The van der Waals surface area contributed by atoms with Crippen molar-refractivity contribution >= 4 is 0 Å². The van der Waals surface area contributed by atoms with Crippen LogP contribution in [0, 0.1) is 5.82 Å². The minimum Gasteiger partial charge on any atom is -0.386 e. The molecular weight excluding hydrogens is 205 g/mol. The van der Waals surface area contributed by atoms with Crippen molar-refractivity contribution in [1.82, 2.24) is 4.90 Å². The van der Waals surface area contributed by atoms with E-state index < -0.39 is 11.6 Å². The Balaban J connectivity index is 3.10. The van der Waals surface area contributed by atoms with Crippen LogP contribution >= 0.6 is 0 Å². The van der Waals surface area contributed by atoms with Crippen molar-refractivity contribution in [3.05, 3.63) is 35.6 Å². The Labute approximate surface area is 96.7 Å². The number of aliphatic hydroxyl groups is 1. The van der Waals surface area contributed by atoms with Gasteiger partial charge in [0, 0.05) is 11.1 Å². The van der Waals surface area contributed by atoms with Crippen LogP contribution in [0.4, 0.5) is 4.39 Å². The first-order valence-electron chi connectivity index (χ1n) is 5.53. The normalized spacial score (nSPS) is 17.2. The molecule has 1 aromatic rings. The Morgan fingerprint density at radius 3 is 2.38 bits per heavy atom. The number of hydrogen-bond acceptors (Lipinski definition) is 2. The van der Waals surface area contributed by atoms with E-state index in [2.05, 4.69) is 0 Å². The van der Waals surface area contributed by atoms with Crippen LogP contribution in [0.15, 0.2) is 24.3 Å². The third-order valence-electron chi connectivity index (χ3n) is 3.53. The van der Waals surface area contributed by atoms with Gasteiger partial charge >= 0.3 is 0 Å². The Bertz CT molecular complexity index is 354. The number of rotatable bonds is 4. The highest BCUT2D eigenvalue weighted by atomic mass is 19.1. The summed E-state index contributed by atoms with van der Waals surface area (Å²) in [5.41, 5.74) is -0.0945. The second-order valence-electron chi connectivity index (χ2n) is 4.53. The molecule has 1 aromatic carbocycles. The molecule has 90 valence electrons. The van der Waals surface area contributed by atoms with E-state index in [1.165, 1.54) is 6.07 Å². The molecule has 0 aliphatic carbocycles. The number of halogens is 1. The summed E-state index contributed by atoms with van der Waals surface area (Å²) in [5, 5.41) is 10.3. The maximum Gasteiger partial charge on any atom is 0.129 e. The number of aliphatic hydroxyl groups excluding tert-OH is 1. The zero-order valence-electron chi connectivity index (χ0n) is 10.4. The average molecular weight is 225 g/mol. The van der Waals surface area contributed by atoms with E-state index in [1.807, 2.05) is 32.8 Å². The Hall–Kier alpha value is -0.930. The summed E-state index contributed by atoms with van der Waals surface area (Å²) < 4.78 is 13.6. The Morgan fingerprint density at radius 1 is 1.38 bits per heavy atom. The summed E-state index contributed by atoms with van der Waals surface area (Å²) in [6, 6.07) is 6.39. The maximum atomic E-state index is 13.6. The lowest BCUT2D eigenvalue weighted by molar-refractivity contribution is -0.00116. The molecule has 0 radical (unpaired) electrons. The molecular formula is C13H20FNO. The summed E-state index contributed by atoms with van der Waals surface area (Å²) in [4.78, 5) is 1.93. The van der Waals surface area contributed by atoms with E-state index in [9.17, 15) is 9.50 Å². The Kier molecular flexibility index (Phi) is 4.05. The minimum atomic E-state index is -0.825. The van der Waals surface area contributed by atoms with Gasteiger partial charge in [0.15, 0.2) is 0 Å². The van der Waals surface area contributed by atoms with Gasteiger partial charge < -0.3 is 10.0 Å². The van der Waals surface area contributed by atoms with Crippen LogP contribution < -0.4 is 0 Å². The lowest BCUT2D eigenvalue weighted by atomic mass is 9.85. The molecule has 0 saturated carbocycles. The average Bonchev–Trinajstić information content (AvgIpc) is 2.27. The van der Waals surface area contributed by atoms with Crippen LogP contribution in [0.1, 0.15) is 31.9 Å². The van der Waals surface area contributed by atoms with Crippen LogP contribution in [0.25, 0.3) is 0 Å². The summed E-state index contributed by atoms with van der Waals surface area (Å²) in [5.74, 6) is -0.350. The zero-order chi connectivity index (χ0) is 12.3. The molecule has 2 nitrogen and oxygen atoms in total. The van der Waals surface area contributed by atoms with Gasteiger partial charge in [0.2, 0.25) is 0 Å². The summed E-state index contributed by atoms with van der Waals surface area (Å²) >= 11 is 0. The van der Waals surface area contributed by atoms with Gasteiger partial charge in [-0.25, -0.2) is 4.39 Å². The van der Waals surface area contributed by atoms with E-state index in [1.54, 1.807) is 18.2 Å². The van der Waals surface area contributed by atoms with Crippen molar-refractivity contribution in [2.75, 3.05) is 14.1 Å². The second kappa shape index (κ2) is 4.93. The summed E-state index contributed by atoms with van der Waals surface area (Å²) in [6.45, 7) is 3.92. The molecule has 1 rings (SSSR count). The molecule has 0 spiro atoms. The molecule has 0 aliphatic rings. The van der Waals surface area contributed by atoms with Gasteiger partial charge in [0.1, 0.15) is 5.82 Å². The molecule has 0 fully saturated rings. The van der Waals surface area contributed by atoms with Crippen LogP contribution in [-0.4, -0.2) is 29.6 Å². The van der Waals surface area contributed by atoms with Gasteiger partial charge in [-0.05, 0) is 33.5 Å². The molecule has 0 saturated heterocycles. The van der Waals surface area contributed by atoms with Gasteiger partial charge in [0.05, 0.1) is 6.10 Å². The summed E-state index contributed by atoms with van der Waals surface area (Å²) in [7, 11) is 3.79. The van der Waals surface area contributed by atoms with Crippen LogP contribution in [-0.2, 0) is 0 Å². The number of benzene rings is 1. The highest BCUT2D eigenvalue weighted by Crippen LogP contribution is 2.33. The van der Waals surface area contributed by atoms with E-state index >= 15 is 0 Å². The molecule has 0 amide bonds. The fourth-order valence-electron chi connectivity index (χ4n) is 1.79. The molecule has 1 N–H and O–H groups in total. The first kappa shape index (κ1) is 13.1. The van der Waals surface area contributed by atoms with Crippen molar-refractivity contribution in [2.24, 2.45) is 0 Å². The smallest absolute Gasteiger partial charge is 0.129 e. The fraction of sp³-hybridized carbons (Fsp3) is 0.538. The quantitative estimate of drug-likeness (QED) is 0.851. The minimum absolute atomic E-state index is 0.350. The van der Waals surface area contributed by atoms with Crippen molar-refractivity contribution in [3.8, 4) is 0 Å². The van der Waals surface area contributed by atoms with Crippen molar-refractivity contribution < 1.29 is 9.50 Å². The van der Waals surface area contributed by atoms with Gasteiger partial charge in [-0.3, -0.25) is 0 Å². The first-order valence-corrected chi connectivity index (χ1v) is 5.53. The van der Waals surface area contributed by atoms with Gasteiger partial charge in [0.25, 0.3) is 0 Å². The molecule has 0 heterocycles. The molecule has 3 heteroatoms. The standard InChI is InChI=1S/C13H20FNO/c1-5-13(2,15(3)4)12(16)10-8-6-7-9-11(10)14/h6-9,12,16H,5H2,1-4H3. The number of nitrogens with zero attached hydrogens (tertiary/aromatic N) is 1. The maximum absolute atomic E-state index is 13.6. The second-order valence-corrected chi connectivity index (χ2v) is 4.53. The van der Waals surface area contributed by atoms with Crippen LogP contribution in [0.3, 0.4) is 0 Å². The van der Waals surface area contributed by atoms with E-state index in [-0.39, 0.29) is 5.82 Å². The van der Waals surface area contributed by atoms with Crippen molar-refractivity contribution in [2.45, 2.75) is 31.9 Å². The Morgan fingerprint density at radius 2 is 1.94 bits per heavy atom. The van der Waals surface area contributed by atoms with E-state index in [0.717, 1.165) is 6.42 Å². The molecule has 0 aliphatic heterocycles. The molecule has 2 unspecified atom stereocenters. The fourth-order valence-corrected chi connectivity index (χ4v) is 1.79. The van der Waals surface area contributed by atoms with Gasteiger partial charge in [-0.1, -0.05) is 25.1 Å². The van der Waals surface area contributed by atoms with Gasteiger partial charge in [-0.2, -0.15) is 0 Å². The molecule has 0 bridgehead atoms. The lowest BCUT2D eigenvalue weighted by Gasteiger charge is -2.40. The first-order chi connectivity index (χ1) is 7.43. The van der Waals surface area contributed by atoms with Crippen molar-refractivity contribution in [3.63, 3.8) is 0 Å². The zero-order valence-corrected chi connectivity index (χ0v) is 10.4. The highest BCUT2D eigenvalue weighted by Gasteiger charge is 2.35. The van der Waals surface area contributed by atoms with E-state index in [4.69, 9.17) is 0 Å². The topological polar surface area (TPSA) is 23.5 Å². The third-order valence-corrected chi connectivity index (χ3v) is 3.53. The van der Waals surface area contributed by atoms with Crippen LogP contribution in [0.2, 0.25) is 0 Å². The summed E-state index contributed by atoms with van der Waals surface area (Å²) in [6.07, 6.45) is -0.0797. The highest BCUT2D eigenvalue weighted by molar-refractivity contribution is 5.23. The largest absolute Gasteiger partial charge is 0.386 e. The van der Waals surface area contributed by atoms with Crippen LogP contribution in [0.5, 0.6) is 0 Å². The van der Waals surface area contributed by atoms with E-state index in [0.29, 0.717) is 5.56 Å². The predicted octanol–water partition coefficient (Wildman–Crippen LogP) is 2.59. The number of hydrogen-bond donors (Lipinski definition) is 1. The lowest BCUT2D eigenvalue weighted by Crippen LogP contribution is -2.46.